The number of hydrogen-bond donors (Lipinski definition) is 1. The van der Waals surface area contributed by atoms with Gasteiger partial charge >= 0.3 is 0 Å². The Morgan fingerprint density at radius 1 is 1.29 bits per heavy atom. The van der Waals surface area contributed by atoms with Crippen LogP contribution in [-0.4, -0.2) is 54.2 Å². The fourth-order valence-electron chi connectivity index (χ4n) is 5.03. The number of imidazole rings is 2. The minimum atomic E-state index is -0.583. The number of likely N-dealkylation sites (N-methyl/N-ethyl adjacent to an activating group) is 1. The van der Waals surface area contributed by atoms with Gasteiger partial charge in [0, 0.05) is 38.8 Å². The SMILES string of the molecule is CCn1c(CCCC(=O)N(C)[C@@H]2CCC[C@@H](n3ccnc3C)[C@@H]2O)nc2ccccc21. The number of amides is 1. The zero-order chi connectivity index (χ0) is 22.0. The van der Waals surface area contributed by atoms with Gasteiger partial charge in [0.15, 0.2) is 0 Å². The summed E-state index contributed by atoms with van der Waals surface area (Å²) in [7, 11) is 1.83. The van der Waals surface area contributed by atoms with Gasteiger partial charge in [-0.25, -0.2) is 9.97 Å². The second-order valence-corrected chi connectivity index (χ2v) is 8.56. The molecule has 166 valence electrons. The van der Waals surface area contributed by atoms with Crippen molar-refractivity contribution in [3.63, 3.8) is 0 Å². The van der Waals surface area contributed by atoms with E-state index < -0.39 is 6.10 Å². The number of aliphatic hydroxyl groups excluding tert-OH is 1. The normalized spacial score (nSPS) is 21.5. The first kappa shape index (κ1) is 21.6. The zero-order valence-corrected chi connectivity index (χ0v) is 18.7. The number of para-hydroxylation sites is 2. The van der Waals surface area contributed by atoms with Crippen LogP contribution >= 0.6 is 0 Å². The number of nitrogens with zero attached hydrogens (tertiary/aromatic N) is 5. The quantitative estimate of drug-likeness (QED) is 0.631. The molecule has 2 aromatic heterocycles. The first-order valence-corrected chi connectivity index (χ1v) is 11.4. The predicted molar refractivity (Wildman–Crippen MR) is 121 cm³/mol. The highest BCUT2D eigenvalue weighted by molar-refractivity contribution is 5.77. The van der Waals surface area contributed by atoms with Gasteiger partial charge in [0.1, 0.15) is 11.6 Å². The smallest absolute Gasteiger partial charge is 0.222 e. The lowest BCUT2D eigenvalue weighted by Crippen LogP contribution is -2.50. The highest BCUT2D eigenvalue weighted by Crippen LogP contribution is 2.32. The molecule has 0 aliphatic heterocycles. The van der Waals surface area contributed by atoms with E-state index in [1.807, 2.05) is 42.9 Å². The first-order chi connectivity index (χ1) is 15.0. The highest BCUT2D eigenvalue weighted by atomic mass is 16.3. The maximum atomic E-state index is 12.9. The molecule has 7 heteroatoms. The fraction of sp³-hybridized carbons (Fsp3) is 0.542. The topological polar surface area (TPSA) is 76.2 Å². The van der Waals surface area contributed by atoms with Crippen LogP contribution in [0.3, 0.4) is 0 Å². The number of carbonyl (C=O) groups excluding carboxylic acids is 1. The monoisotopic (exact) mass is 423 g/mol. The van der Waals surface area contributed by atoms with Crippen LogP contribution in [0.4, 0.5) is 0 Å². The van der Waals surface area contributed by atoms with Crippen molar-refractivity contribution in [3.05, 3.63) is 48.3 Å². The molecular formula is C24H33N5O2. The summed E-state index contributed by atoms with van der Waals surface area (Å²) in [5, 5.41) is 11.0. The molecule has 3 atom stereocenters. The number of aromatic nitrogens is 4. The third kappa shape index (κ3) is 4.24. The summed E-state index contributed by atoms with van der Waals surface area (Å²) in [6, 6.07) is 7.98. The van der Waals surface area contributed by atoms with E-state index in [4.69, 9.17) is 4.98 Å². The summed E-state index contributed by atoms with van der Waals surface area (Å²) >= 11 is 0. The molecule has 1 saturated carbocycles. The molecule has 7 nitrogen and oxygen atoms in total. The Bertz CT molecular complexity index is 1040. The van der Waals surface area contributed by atoms with Crippen molar-refractivity contribution >= 4 is 16.9 Å². The van der Waals surface area contributed by atoms with E-state index in [2.05, 4.69) is 22.5 Å². The molecule has 4 rings (SSSR count). The molecular weight excluding hydrogens is 390 g/mol. The molecule has 1 aromatic carbocycles. The average Bonchev–Trinajstić information content (AvgIpc) is 3.36. The van der Waals surface area contributed by atoms with E-state index in [-0.39, 0.29) is 18.0 Å². The molecule has 1 aliphatic rings. The fourth-order valence-corrected chi connectivity index (χ4v) is 5.03. The molecule has 1 fully saturated rings. The van der Waals surface area contributed by atoms with E-state index >= 15 is 0 Å². The van der Waals surface area contributed by atoms with Crippen molar-refractivity contribution < 1.29 is 9.90 Å². The maximum Gasteiger partial charge on any atom is 0.222 e. The first-order valence-electron chi connectivity index (χ1n) is 11.4. The number of aliphatic hydroxyl groups is 1. The van der Waals surface area contributed by atoms with Gasteiger partial charge in [-0.05, 0) is 51.7 Å². The minimum absolute atomic E-state index is 0.0269. The van der Waals surface area contributed by atoms with Crippen LogP contribution in [0.5, 0.6) is 0 Å². The molecule has 0 bridgehead atoms. The van der Waals surface area contributed by atoms with Crippen LogP contribution < -0.4 is 0 Å². The second-order valence-electron chi connectivity index (χ2n) is 8.56. The standard InChI is InChI=1S/C24H33N5O2/c1-4-28-19-10-6-5-9-18(19)26-22(28)13-8-14-23(30)27(3)20-11-7-12-21(24(20)31)29-16-15-25-17(29)2/h5-6,9-10,15-16,20-21,24,31H,4,7-8,11-14H2,1-3H3/t20-,21-,24-/m1/s1. The van der Waals surface area contributed by atoms with Crippen LogP contribution in [0.15, 0.2) is 36.7 Å². The van der Waals surface area contributed by atoms with Crippen LogP contribution in [0.2, 0.25) is 0 Å². The Hall–Kier alpha value is -2.67. The van der Waals surface area contributed by atoms with Crippen molar-refractivity contribution in [1.82, 2.24) is 24.0 Å². The van der Waals surface area contributed by atoms with Gasteiger partial charge in [-0.15, -0.1) is 0 Å². The van der Waals surface area contributed by atoms with Gasteiger partial charge in [-0.1, -0.05) is 12.1 Å². The summed E-state index contributed by atoms with van der Waals surface area (Å²) < 4.78 is 4.27. The lowest BCUT2D eigenvalue weighted by atomic mass is 9.86. The molecule has 3 aromatic rings. The lowest BCUT2D eigenvalue weighted by molar-refractivity contribution is -0.136. The Balaban J connectivity index is 1.37. The number of carbonyl (C=O) groups is 1. The van der Waals surface area contributed by atoms with Crippen LogP contribution in [-0.2, 0) is 17.8 Å². The van der Waals surface area contributed by atoms with Gasteiger partial charge in [0.25, 0.3) is 0 Å². The molecule has 31 heavy (non-hydrogen) atoms. The summed E-state index contributed by atoms with van der Waals surface area (Å²) in [6.45, 7) is 4.95. The van der Waals surface area contributed by atoms with E-state index in [0.717, 1.165) is 61.3 Å². The third-order valence-electron chi connectivity index (χ3n) is 6.74. The number of rotatable bonds is 7. The summed E-state index contributed by atoms with van der Waals surface area (Å²) in [6.07, 6.45) is 7.82. The van der Waals surface area contributed by atoms with Crippen LogP contribution in [0.25, 0.3) is 11.0 Å². The van der Waals surface area contributed by atoms with E-state index in [0.29, 0.717) is 6.42 Å². The van der Waals surface area contributed by atoms with Crippen molar-refractivity contribution in [3.8, 4) is 0 Å². The van der Waals surface area contributed by atoms with Gasteiger partial charge in [0.2, 0.25) is 5.91 Å². The largest absolute Gasteiger partial charge is 0.389 e. The van der Waals surface area contributed by atoms with Crippen LogP contribution in [0, 0.1) is 6.92 Å². The lowest BCUT2D eigenvalue weighted by Gasteiger charge is -2.40. The Kier molecular flexibility index (Phi) is 6.41. The summed E-state index contributed by atoms with van der Waals surface area (Å²) in [4.78, 5) is 23.8. The van der Waals surface area contributed by atoms with Crippen molar-refractivity contribution in [1.29, 1.82) is 0 Å². The van der Waals surface area contributed by atoms with Crippen LogP contribution in [0.1, 0.15) is 56.7 Å². The summed E-state index contributed by atoms with van der Waals surface area (Å²) in [5.41, 5.74) is 2.16. The van der Waals surface area contributed by atoms with Gasteiger partial charge in [-0.3, -0.25) is 4.79 Å². The predicted octanol–water partition coefficient (Wildman–Crippen LogP) is 3.50. The molecule has 0 unspecified atom stereocenters. The number of aryl methyl sites for hydroxylation is 3. The molecule has 0 spiro atoms. The molecule has 0 radical (unpaired) electrons. The number of benzene rings is 1. The Labute approximate surface area is 183 Å². The zero-order valence-electron chi connectivity index (χ0n) is 18.7. The Morgan fingerprint density at radius 2 is 2.10 bits per heavy atom. The molecule has 2 heterocycles. The number of hydrogen-bond acceptors (Lipinski definition) is 4. The van der Waals surface area contributed by atoms with Crippen molar-refractivity contribution in [2.24, 2.45) is 0 Å². The minimum Gasteiger partial charge on any atom is -0.389 e. The average molecular weight is 424 g/mol. The molecule has 1 aliphatic carbocycles. The molecule has 0 saturated heterocycles. The highest BCUT2D eigenvalue weighted by Gasteiger charge is 2.37. The molecule has 1 N–H and O–H groups in total. The Morgan fingerprint density at radius 3 is 2.84 bits per heavy atom. The van der Waals surface area contributed by atoms with E-state index in [9.17, 15) is 9.90 Å². The van der Waals surface area contributed by atoms with Gasteiger partial charge < -0.3 is 19.1 Å². The third-order valence-corrected chi connectivity index (χ3v) is 6.74. The molecule has 1 amide bonds. The van der Waals surface area contributed by atoms with Crippen molar-refractivity contribution in [2.45, 2.75) is 77.1 Å². The number of fused-ring (bicyclic) bond motifs is 1. The summed E-state index contributed by atoms with van der Waals surface area (Å²) in [5.74, 6) is 2.02. The second kappa shape index (κ2) is 9.22. The maximum absolute atomic E-state index is 12.9. The van der Waals surface area contributed by atoms with E-state index in [1.54, 1.807) is 11.1 Å². The van der Waals surface area contributed by atoms with Crippen molar-refractivity contribution in [2.75, 3.05) is 7.05 Å². The van der Waals surface area contributed by atoms with Gasteiger partial charge in [-0.2, -0.15) is 0 Å². The van der Waals surface area contributed by atoms with E-state index in [1.165, 1.54) is 0 Å². The van der Waals surface area contributed by atoms with Gasteiger partial charge in [0.05, 0.1) is 29.2 Å².